The Labute approximate surface area is 220 Å². The Morgan fingerprint density at radius 2 is 1.54 bits per heavy atom. The van der Waals surface area contributed by atoms with Crippen molar-refractivity contribution in [2.24, 2.45) is 11.8 Å². The summed E-state index contributed by atoms with van der Waals surface area (Å²) in [5, 5.41) is 0. The van der Waals surface area contributed by atoms with Gasteiger partial charge >= 0.3 is 5.97 Å². The van der Waals surface area contributed by atoms with Crippen molar-refractivity contribution in [2.75, 3.05) is 18.9 Å². The third-order valence-electron chi connectivity index (χ3n) is 7.91. The van der Waals surface area contributed by atoms with Crippen LogP contribution in [0, 0.1) is 11.8 Å². The Balaban J connectivity index is 1.34. The van der Waals surface area contributed by atoms with E-state index in [0.717, 1.165) is 31.2 Å². The van der Waals surface area contributed by atoms with Crippen molar-refractivity contribution in [3.05, 3.63) is 71.8 Å². The van der Waals surface area contributed by atoms with Gasteiger partial charge in [0.15, 0.2) is 0 Å². The number of unbranched alkanes of at least 4 members (excludes halogenated alkanes) is 1. The number of esters is 1. The lowest BCUT2D eigenvalue weighted by Crippen LogP contribution is -2.42. The van der Waals surface area contributed by atoms with Crippen molar-refractivity contribution in [3.63, 3.8) is 0 Å². The van der Waals surface area contributed by atoms with Crippen LogP contribution < -0.4 is 0 Å². The predicted molar refractivity (Wildman–Crippen MR) is 145 cm³/mol. The number of amides is 1. The minimum atomic E-state index is -3.64. The number of carbonyl (C=O) groups excluding carboxylic acids is 2. The number of benzene rings is 2. The number of aryl methyl sites for hydroxylation is 1. The maximum Gasteiger partial charge on any atom is 0.329 e. The highest BCUT2D eigenvalue weighted by molar-refractivity contribution is 7.58. The Bertz CT molecular complexity index is 1050. The van der Waals surface area contributed by atoms with E-state index in [9.17, 15) is 19.0 Å². The van der Waals surface area contributed by atoms with Crippen LogP contribution in [0.15, 0.2) is 60.7 Å². The molecule has 2 aromatic rings. The van der Waals surface area contributed by atoms with Crippen LogP contribution in [0.5, 0.6) is 0 Å². The Morgan fingerprint density at radius 3 is 2.22 bits per heavy atom. The molecule has 1 aliphatic heterocycles. The van der Waals surface area contributed by atoms with E-state index in [4.69, 9.17) is 4.74 Å². The molecule has 0 aromatic heterocycles. The summed E-state index contributed by atoms with van der Waals surface area (Å²) in [7, 11) is -3.64. The van der Waals surface area contributed by atoms with Crippen LogP contribution in [-0.2, 0) is 31.9 Å². The van der Waals surface area contributed by atoms with E-state index >= 15 is 0 Å². The van der Waals surface area contributed by atoms with Crippen molar-refractivity contribution in [3.8, 4) is 0 Å². The van der Waals surface area contributed by atoms with E-state index in [1.54, 1.807) is 4.90 Å². The van der Waals surface area contributed by atoms with Gasteiger partial charge in [-0.25, -0.2) is 4.79 Å². The normalized spacial score (nSPS) is 21.9. The Kier molecular flexibility index (Phi) is 9.99. The van der Waals surface area contributed by atoms with Crippen molar-refractivity contribution in [1.82, 2.24) is 4.90 Å². The van der Waals surface area contributed by atoms with Gasteiger partial charge < -0.3 is 14.5 Å². The van der Waals surface area contributed by atoms with E-state index < -0.39 is 31.4 Å². The Morgan fingerprint density at radius 1 is 0.892 bits per heavy atom. The molecule has 4 rings (SSSR count). The number of carbonyl (C=O) groups is 2. The number of likely N-dealkylation sites (tertiary alicyclic amines) is 1. The molecule has 6 nitrogen and oxygen atoms in total. The van der Waals surface area contributed by atoms with Crippen LogP contribution in [0.2, 0.25) is 0 Å². The van der Waals surface area contributed by atoms with Gasteiger partial charge in [0.05, 0.1) is 0 Å². The summed E-state index contributed by atoms with van der Waals surface area (Å²) in [6.07, 6.45) is 8.39. The molecule has 2 aliphatic rings. The minimum absolute atomic E-state index is 0.120. The van der Waals surface area contributed by atoms with Gasteiger partial charge in [0, 0.05) is 12.7 Å². The third kappa shape index (κ3) is 8.28. The third-order valence-corrected chi connectivity index (χ3v) is 9.69. The molecule has 7 heteroatoms. The fourth-order valence-corrected chi connectivity index (χ4v) is 7.33. The van der Waals surface area contributed by atoms with E-state index in [1.165, 1.54) is 24.8 Å². The second-order valence-corrected chi connectivity index (χ2v) is 13.2. The molecular formula is C30H40NO5P. The van der Waals surface area contributed by atoms with Gasteiger partial charge in [-0.3, -0.25) is 9.36 Å². The molecule has 0 radical (unpaired) electrons. The van der Waals surface area contributed by atoms with Crippen molar-refractivity contribution in [2.45, 2.75) is 70.4 Å². The zero-order valence-electron chi connectivity index (χ0n) is 21.7. The van der Waals surface area contributed by atoms with Gasteiger partial charge in [-0.05, 0) is 48.6 Å². The average Bonchev–Trinajstić information content (AvgIpc) is 3.37. The SMILES string of the molecule is O=C(OCc1ccccc1)C1CC(C2CCCCC2)CN1C(=O)CP(=O)(O)CCCCc1ccccc1. The summed E-state index contributed by atoms with van der Waals surface area (Å²) in [6.45, 7) is 0.634. The fourth-order valence-electron chi connectivity index (χ4n) is 5.85. The lowest BCUT2D eigenvalue weighted by Gasteiger charge is -2.27. The van der Waals surface area contributed by atoms with Crippen molar-refractivity contribution >= 4 is 19.2 Å². The van der Waals surface area contributed by atoms with Gasteiger partial charge in [0.1, 0.15) is 18.8 Å². The zero-order valence-corrected chi connectivity index (χ0v) is 22.6. The molecule has 2 aromatic carbocycles. The molecule has 1 aliphatic carbocycles. The predicted octanol–water partition coefficient (Wildman–Crippen LogP) is 5.82. The monoisotopic (exact) mass is 525 g/mol. The smallest absolute Gasteiger partial charge is 0.329 e. The van der Waals surface area contributed by atoms with E-state index in [2.05, 4.69) is 12.1 Å². The molecule has 1 N–H and O–H groups in total. The van der Waals surface area contributed by atoms with Crippen LogP contribution in [-0.4, -0.2) is 46.6 Å². The van der Waals surface area contributed by atoms with Crippen LogP contribution >= 0.6 is 7.37 Å². The number of hydrogen-bond donors (Lipinski definition) is 1. The van der Waals surface area contributed by atoms with Crippen molar-refractivity contribution in [1.29, 1.82) is 0 Å². The van der Waals surface area contributed by atoms with E-state index in [1.807, 2.05) is 48.5 Å². The highest BCUT2D eigenvalue weighted by Crippen LogP contribution is 2.43. The molecule has 3 unspecified atom stereocenters. The lowest BCUT2D eigenvalue weighted by molar-refractivity contribution is -0.154. The first-order valence-electron chi connectivity index (χ1n) is 13.8. The fraction of sp³-hybridized carbons (Fsp3) is 0.533. The second-order valence-electron chi connectivity index (χ2n) is 10.7. The van der Waals surface area contributed by atoms with Crippen LogP contribution in [0.1, 0.15) is 62.5 Å². The maximum atomic E-state index is 13.3. The van der Waals surface area contributed by atoms with Gasteiger partial charge in [-0.15, -0.1) is 0 Å². The zero-order chi connectivity index (χ0) is 26.1. The van der Waals surface area contributed by atoms with Gasteiger partial charge in [0.25, 0.3) is 0 Å². The lowest BCUT2D eigenvalue weighted by atomic mass is 9.79. The summed E-state index contributed by atoms with van der Waals surface area (Å²) in [6, 6.07) is 18.9. The summed E-state index contributed by atoms with van der Waals surface area (Å²) >= 11 is 0. The van der Waals surface area contributed by atoms with Gasteiger partial charge in [-0.1, -0.05) is 92.8 Å². The molecule has 1 saturated heterocycles. The number of rotatable bonds is 11. The van der Waals surface area contributed by atoms with Crippen LogP contribution in [0.25, 0.3) is 0 Å². The van der Waals surface area contributed by atoms with E-state index in [0.29, 0.717) is 25.3 Å². The molecule has 0 bridgehead atoms. The molecule has 0 spiro atoms. The first-order valence-corrected chi connectivity index (χ1v) is 15.8. The highest BCUT2D eigenvalue weighted by atomic mass is 31.2. The van der Waals surface area contributed by atoms with Crippen LogP contribution in [0.3, 0.4) is 0 Å². The van der Waals surface area contributed by atoms with Crippen molar-refractivity contribution < 1.29 is 23.8 Å². The Hall–Kier alpha value is -2.43. The summed E-state index contributed by atoms with van der Waals surface area (Å²) < 4.78 is 18.6. The first-order chi connectivity index (χ1) is 17.9. The molecule has 37 heavy (non-hydrogen) atoms. The number of ether oxygens (including phenoxy) is 1. The van der Waals surface area contributed by atoms with E-state index in [-0.39, 0.29) is 18.7 Å². The van der Waals surface area contributed by atoms with Gasteiger partial charge in [-0.2, -0.15) is 0 Å². The summed E-state index contributed by atoms with van der Waals surface area (Å²) in [4.78, 5) is 38.6. The number of nitrogens with zero attached hydrogens (tertiary/aromatic N) is 1. The van der Waals surface area contributed by atoms with Gasteiger partial charge in [0.2, 0.25) is 13.3 Å². The second kappa shape index (κ2) is 13.4. The molecule has 1 saturated carbocycles. The molecule has 1 heterocycles. The first kappa shape index (κ1) is 27.6. The molecular weight excluding hydrogens is 485 g/mol. The molecule has 2 fully saturated rings. The largest absolute Gasteiger partial charge is 0.459 e. The summed E-state index contributed by atoms with van der Waals surface area (Å²) in [5.74, 6) is -0.0719. The molecule has 1 amide bonds. The topological polar surface area (TPSA) is 83.9 Å². The maximum absolute atomic E-state index is 13.3. The van der Waals surface area contributed by atoms with Crippen LogP contribution in [0.4, 0.5) is 0 Å². The standard InChI is InChI=1S/C30H40NO5P/c32-29(23-37(34,35)19-11-10-14-24-12-4-1-5-13-24)31-21-27(26-17-8-3-9-18-26)20-28(31)30(33)36-22-25-15-6-2-7-16-25/h1-2,4-7,12-13,15-16,26-28H,3,8-11,14,17-23H2,(H,34,35). The summed E-state index contributed by atoms with van der Waals surface area (Å²) in [5.41, 5.74) is 2.10. The highest BCUT2D eigenvalue weighted by Gasteiger charge is 2.44. The molecule has 3 atom stereocenters. The average molecular weight is 526 g/mol. The quantitative estimate of drug-likeness (QED) is 0.227. The minimum Gasteiger partial charge on any atom is -0.459 e. The number of hydrogen-bond acceptors (Lipinski definition) is 4. The molecule has 200 valence electrons.